The first kappa shape index (κ1) is 22.7. The van der Waals surface area contributed by atoms with Crippen molar-refractivity contribution in [3.63, 3.8) is 0 Å². The second-order valence-corrected chi connectivity index (χ2v) is 8.61. The molecule has 1 aliphatic rings. The molecule has 1 aromatic heterocycles. The molecular weight excluding hydrogens is 420 g/mol. The fourth-order valence-electron chi connectivity index (χ4n) is 4.01. The lowest BCUT2D eigenvalue weighted by atomic mass is 10.1. The quantitative estimate of drug-likeness (QED) is 0.624. The molecule has 1 amide bonds. The van der Waals surface area contributed by atoms with Crippen molar-refractivity contribution in [1.82, 2.24) is 19.7 Å². The number of amides is 1. The van der Waals surface area contributed by atoms with Gasteiger partial charge in [0.2, 0.25) is 5.69 Å². The second-order valence-electron chi connectivity index (χ2n) is 8.61. The summed E-state index contributed by atoms with van der Waals surface area (Å²) in [4.78, 5) is 39.5. The Labute approximate surface area is 191 Å². The Kier molecular flexibility index (Phi) is 6.55. The van der Waals surface area contributed by atoms with Gasteiger partial charge in [-0.3, -0.25) is 14.2 Å². The normalized spacial score (nSPS) is 15.5. The highest BCUT2D eigenvalue weighted by Gasteiger charge is 2.23. The summed E-state index contributed by atoms with van der Waals surface area (Å²) >= 11 is 0. The SMILES string of the molecule is Cc1ccc(Cn2c(=O)c(C(=O)NCC3CCCO3)nn(-c3cc(C)cc(C)c3)c2=O)cc1. The van der Waals surface area contributed by atoms with Gasteiger partial charge in [-0.05, 0) is 62.4 Å². The first-order valence-electron chi connectivity index (χ1n) is 11.1. The fourth-order valence-corrected chi connectivity index (χ4v) is 4.01. The van der Waals surface area contributed by atoms with E-state index in [0.717, 1.165) is 44.3 Å². The van der Waals surface area contributed by atoms with E-state index in [0.29, 0.717) is 18.8 Å². The van der Waals surface area contributed by atoms with E-state index in [4.69, 9.17) is 4.74 Å². The monoisotopic (exact) mass is 448 g/mol. The smallest absolute Gasteiger partial charge is 0.352 e. The van der Waals surface area contributed by atoms with Gasteiger partial charge in [-0.25, -0.2) is 4.79 Å². The van der Waals surface area contributed by atoms with Crippen molar-refractivity contribution in [2.24, 2.45) is 0 Å². The molecule has 4 rings (SSSR count). The highest BCUT2D eigenvalue weighted by atomic mass is 16.5. The standard InChI is InChI=1S/C25H28N4O4/c1-16-6-8-19(9-7-16)15-28-24(31)22(23(30)26-14-21-5-4-10-33-21)27-29(25(28)32)20-12-17(2)11-18(3)13-20/h6-9,11-13,21H,4-5,10,14-15H2,1-3H3,(H,26,30). The van der Waals surface area contributed by atoms with Crippen LogP contribution in [-0.2, 0) is 11.3 Å². The van der Waals surface area contributed by atoms with Gasteiger partial charge in [0.15, 0.2) is 0 Å². The highest BCUT2D eigenvalue weighted by molar-refractivity contribution is 5.91. The van der Waals surface area contributed by atoms with Gasteiger partial charge in [0.25, 0.3) is 11.5 Å². The van der Waals surface area contributed by atoms with Crippen LogP contribution < -0.4 is 16.6 Å². The van der Waals surface area contributed by atoms with E-state index in [9.17, 15) is 14.4 Å². The minimum atomic E-state index is -0.717. The van der Waals surface area contributed by atoms with Gasteiger partial charge >= 0.3 is 5.69 Å². The van der Waals surface area contributed by atoms with Gasteiger partial charge in [0.05, 0.1) is 18.3 Å². The van der Waals surface area contributed by atoms with Crippen molar-refractivity contribution in [3.8, 4) is 5.69 Å². The molecule has 8 nitrogen and oxygen atoms in total. The number of nitrogens with zero attached hydrogens (tertiary/aromatic N) is 3. The van der Waals surface area contributed by atoms with Crippen LogP contribution in [0.25, 0.3) is 5.69 Å². The molecule has 2 heterocycles. The van der Waals surface area contributed by atoms with Crippen molar-refractivity contribution < 1.29 is 9.53 Å². The van der Waals surface area contributed by atoms with Gasteiger partial charge in [-0.2, -0.15) is 9.78 Å². The molecule has 33 heavy (non-hydrogen) atoms. The highest BCUT2D eigenvalue weighted by Crippen LogP contribution is 2.12. The summed E-state index contributed by atoms with van der Waals surface area (Å²) in [5.41, 5.74) is 2.61. The molecular formula is C25H28N4O4. The van der Waals surface area contributed by atoms with Crippen LogP contribution in [0, 0.1) is 20.8 Å². The van der Waals surface area contributed by atoms with E-state index < -0.39 is 17.2 Å². The van der Waals surface area contributed by atoms with Crippen molar-refractivity contribution in [2.75, 3.05) is 13.2 Å². The Bertz CT molecular complexity index is 1260. The van der Waals surface area contributed by atoms with Crippen LogP contribution in [0.3, 0.4) is 0 Å². The molecule has 1 aliphatic heterocycles. The summed E-state index contributed by atoms with van der Waals surface area (Å²) in [5, 5.41) is 6.95. The number of benzene rings is 2. The number of rotatable bonds is 6. The largest absolute Gasteiger partial charge is 0.376 e. The Hall–Kier alpha value is -3.52. The Morgan fingerprint density at radius 2 is 1.76 bits per heavy atom. The minimum absolute atomic E-state index is 0.0390. The van der Waals surface area contributed by atoms with Crippen LogP contribution in [0.2, 0.25) is 0 Å². The second kappa shape index (κ2) is 9.54. The number of aryl methyl sites for hydroxylation is 3. The molecule has 0 spiro atoms. The van der Waals surface area contributed by atoms with E-state index in [1.807, 2.05) is 51.1 Å². The zero-order chi connectivity index (χ0) is 23.5. The van der Waals surface area contributed by atoms with Crippen LogP contribution >= 0.6 is 0 Å². The predicted octanol–water partition coefficient (Wildman–Crippen LogP) is 2.28. The molecule has 2 aromatic carbocycles. The predicted molar refractivity (Wildman–Crippen MR) is 125 cm³/mol. The Morgan fingerprint density at radius 1 is 1.06 bits per heavy atom. The van der Waals surface area contributed by atoms with E-state index >= 15 is 0 Å². The summed E-state index contributed by atoms with van der Waals surface area (Å²) in [7, 11) is 0. The van der Waals surface area contributed by atoms with Gasteiger partial charge in [-0.1, -0.05) is 35.9 Å². The van der Waals surface area contributed by atoms with Crippen LogP contribution in [0.5, 0.6) is 0 Å². The number of hydrogen-bond donors (Lipinski definition) is 1. The molecule has 0 saturated carbocycles. The maximum absolute atomic E-state index is 13.3. The fraction of sp³-hybridized carbons (Fsp3) is 0.360. The van der Waals surface area contributed by atoms with Gasteiger partial charge in [0, 0.05) is 13.2 Å². The Balaban J connectivity index is 1.79. The molecule has 1 N–H and O–H groups in total. The van der Waals surface area contributed by atoms with E-state index in [-0.39, 0.29) is 18.3 Å². The van der Waals surface area contributed by atoms with Gasteiger partial charge < -0.3 is 10.1 Å². The topological polar surface area (TPSA) is 95.2 Å². The molecule has 0 radical (unpaired) electrons. The Morgan fingerprint density at radius 3 is 2.39 bits per heavy atom. The molecule has 172 valence electrons. The van der Waals surface area contributed by atoms with Crippen molar-refractivity contribution in [2.45, 2.75) is 46.3 Å². The molecule has 0 bridgehead atoms. The number of carbonyl (C=O) groups is 1. The lowest BCUT2D eigenvalue weighted by molar-refractivity contribution is 0.0849. The first-order chi connectivity index (χ1) is 15.8. The molecule has 0 aliphatic carbocycles. The first-order valence-corrected chi connectivity index (χ1v) is 11.1. The number of carbonyl (C=O) groups excluding carboxylic acids is 1. The van der Waals surface area contributed by atoms with Crippen molar-refractivity contribution >= 4 is 5.91 Å². The molecule has 1 fully saturated rings. The van der Waals surface area contributed by atoms with E-state index in [1.165, 1.54) is 0 Å². The number of nitrogens with one attached hydrogen (secondary N) is 1. The maximum atomic E-state index is 13.3. The number of aromatic nitrogens is 3. The van der Waals surface area contributed by atoms with Gasteiger partial charge in [-0.15, -0.1) is 0 Å². The maximum Gasteiger partial charge on any atom is 0.352 e. The summed E-state index contributed by atoms with van der Waals surface area (Å²) in [6, 6.07) is 13.1. The van der Waals surface area contributed by atoms with Crippen LogP contribution in [0.1, 0.15) is 45.6 Å². The average molecular weight is 449 g/mol. The summed E-state index contributed by atoms with van der Waals surface area (Å²) in [5.74, 6) is -0.619. The number of ether oxygens (including phenoxy) is 1. The lowest BCUT2D eigenvalue weighted by Crippen LogP contribution is -2.46. The zero-order valence-electron chi connectivity index (χ0n) is 19.1. The van der Waals surface area contributed by atoms with Crippen LogP contribution in [0.15, 0.2) is 52.1 Å². The summed E-state index contributed by atoms with van der Waals surface area (Å²) < 4.78 is 7.75. The van der Waals surface area contributed by atoms with Crippen LogP contribution in [-0.4, -0.2) is 39.5 Å². The zero-order valence-corrected chi connectivity index (χ0v) is 19.1. The molecule has 1 saturated heterocycles. The molecule has 1 atom stereocenters. The van der Waals surface area contributed by atoms with Crippen molar-refractivity contribution in [1.29, 1.82) is 0 Å². The molecule has 1 unspecified atom stereocenters. The summed E-state index contributed by atoms with van der Waals surface area (Å²) in [6.07, 6.45) is 1.72. The average Bonchev–Trinajstić information content (AvgIpc) is 3.29. The van der Waals surface area contributed by atoms with Crippen LogP contribution in [0.4, 0.5) is 0 Å². The third-order valence-corrected chi connectivity index (χ3v) is 5.70. The number of hydrogen-bond acceptors (Lipinski definition) is 5. The van der Waals surface area contributed by atoms with E-state index in [2.05, 4.69) is 10.4 Å². The third kappa shape index (κ3) is 5.12. The minimum Gasteiger partial charge on any atom is -0.376 e. The molecule has 8 heteroatoms. The lowest BCUT2D eigenvalue weighted by Gasteiger charge is -2.14. The third-order valence-electron chi connectivity index (χ3n) is 5.70. The van der Waals surface area contributed by atoms with E-state index in [1.54, 1.807) is 12.1 Å². The summed E-state index contributed by atoms with van der Waals surface area (Å²) in [6.45, 7) is 6.79. The van der Waals surface area contributed by atoms with Crippen molar-refractivity contribution in [3.05, 3.63) is 91.3 Å². The molecule has 3 aromatic rings. The van der Waals surface area contributed by atoms with Gasteiger partial charge in [0.1, 0.15) is 0 Å².